The van der Waals surface area contributed by atoms with E-state index < -0.39 is 17.7 Å². The van der Waals surface area contributed by atoms with E-state index in [-0.39, 0.29) is 12.3 Å². The molecule has 0 aliphatic rings. The summed E-state index contributed by atoms with van der Waals surface area (Å²) in [6.07, 6.45) is 2.86. The zero-order chi connectivity index (χ0) is 14.1. The molecule has 0 saturated heterocycles. The van der Waals surface area contributed by atoms with Crippen LogP contribution in [0.2, 0.25) is 0 Å². The van der Waals surface area contributed by atoms with Crippen molar-refractivity contribution in [3.05, 3.63) is 29.8 Å². The van der Waals surface area contributed by atoms with Crippen LogP contribution in [0.15, 0.2) is 18.2 Å². The van der Waals surface area contributed by atoms with Crippen LogP contribution < -0.4 is 11.1 Å². The second kappa shape index (κ2) is 8.42. The van der Waals surface area contributed by atoms with E-state index in [0.29, 0.717) is 12.6 Å². The topological polar surface area (TPSA) is 64.3 Å². The Bertz CT molecular complexity index is 414. The minimum absolute atomic E-state index is 0.102. The number of anilines is 1. The van der Waals surface area contributed by atoms with Gasteiger partial charge in [0.25, 0.3) is 0 Å². The molecule has 0 bridgehead atoms. The SMILES string of the molecule is NCCCCCCOC(=O)Nc1ccc(F)cc1F. The quantitative estimate of drug-likeness (QED) is 0.750. The number of ether oxygens (including phenoxy) is 1. The van der Waals surface area contributed by atoms with Gasteiger partial charge >= 0.3 is 6.09 Å². The summed E-state index contributed by atoms with van der Waals surface area (Å²) in [5, 5.41) is 2.22. The molecule has 0 atom stereocenters. The number of carbonyl (C=O) groups excluding carboxylic acids is 1. The lowest BCUT2D eigenvalue weighted by Gasteiger charge is -2.07. The molecular weight excluding hydrogens is 254 g/mol. The van der Waals surface area contributed by atoms with E-state index in [0.717, 1.165) is 37.8 Å². The number of rotatable bonds is 7. The first-order valence-electron chi connectivity index (χ1n) is 6.22. The van der Waals surface area contributed by atoms with Crippen LogP contribution in [-0.4, -0.2) is 19.2 Å². The van der Waals surface area contributed by atoms with E-state index in [9.17, 15) is 13.6 Å². The van der Waals surface area contributed by atoms with Gasteiger partial charge in [0, 0.05) is 6.07 Å². The van der Waals surface area contributed by atoms with Crippen LogP contribution in [0.25, 0.3) is 0 Å². The number of carbonyl (C=O) groups is 1. The lowest BCUT2D eigenvalue weighted by Crippen LogP contribution is -2.15. The van der Waals surface area contributed by atoms with E-state index in [1.807, 2.05) is 0 Å². The minimum atomic E-state index is -0.833. The average molecular weight is 272 g/mol. The van der Waals surface area contributed by atoms with Crippen LogP contribution in [0, 0.1) is 11.6 Å². The molecule has 0 unspecified atom stereocenters. The van der Waals surface area contributed by atoms with Crippen molar-refractivity contribution in [2.45, 2.75) is 25.7 Å². The van der Waals surface area contributed by atoms with Gasteiger partial charge in [0.2, 0.25) is 0 Å². The predicted octanol–water partition coefficient (Wildman–Crippen LogP) is 3.03. The Morgan fingerprint density at radius 2 is 1.95 bits per heavy atom. The predicted molar refractivity (Wildman–Crippen MR) is 68.9 cm³/mol. The summed E-state index contributed by atoms with van der Waals surface area (Å²) in [6.45, 7) is 0.921. The summed E-state index contributed by atoms with van der Waals surface area (Å²) in [7, 11) is 0. The Labute approximate surface area is 110 Å². The monoisotopic (exact) mass is 272 g/mol. The maximum atomic E-state index is 13.2. The molecule has 106 valence electrons. The molecule has 0 spiro atoms. The Morgan fingerprint density at radius 1 is 1.21 bits per heavy atom. The maximum Gasteiger partial charge on any atom is 0.411 e. The number of hydrogen-bond donors (Lipinski definition) is 2. The number of nitrogens with one attached hydrogen (secondary N) is 1. The summed E-state index contributed by atoms with van der Waals surface area (Å²) in [5.41, 5.74) is 5.24. The summed E-state index contributed by atoms with van der Waals surface area (Å²) < 4.78 is 30.7. The molecule has 0 radical (unpaired) electrons. The Hall–Kier alpha value is -1.69. The summed E-state index contributed by atoms with van der Waals surface area (Å²) >= 11 is 0. The van der Waals surface area contributed by atoms with Crippen molar-refractivity contribution in [3.63, 3.8) is 0 Å². The molecule has 1 aromatic carbocycles. The van der Waals surface area contributed by atoms with Gasteiger partial charge in [-0.15, -0.1) is 0 Å². The highest BCUT2D eigenvalue weighted by Gasteiger charge is 2.08. The number of hydrogen-bond acceptors (Lipinski definition) is 3. The molecule has 0 aliphatic carbocycles. The Balaban J connectivity index is 2.23. The van der Waals surface area contributed by atoms with Gasteiger partial charge in [0.1, 0.15) is 11.6 Å². The zero-order valence-corrected chi connectivity index (χ0v) is 10.6. The van der Waals surface area contributed by atoms with Gasteiger partial charge in [-0.05, 0) is 31.5 Å². The van der Waals surface area contributed by atoms with Gasteiger partial charge in [-0.3, -0.25) is 5.32 Å². The molecule has 1 aromatic rings. The number of halogens is 2. The smallest absolute Gasteiger partial charge is 0.411 e. The van der Waals surface area contributed by atoms with Crippen molar-refractivity contribution in [2.24, 2.45) is 5.73 Å². The fourth-order valence-electron chi connectivity index (χ4n) is 1.50. The van der Waals surface area contributed by atoms with E-state index in [4.69, 9.17) is 10.5 Å². The van der Waals surface area contributed by atoms with Gasteiger partial charge < -0.3 is 10.5 Å². The Kier molecular flexibility index (Phi) is 6.81. The molecule has 19 heavy (non-hydrogen) atoms. The molecule has 0 heterocycles. The molecule has 1 amide bonds. The van der Waals surface area contributed by atoms with Crippen LogP contribution in [-0.2, 0) is 4.74 Å². The molecule has 0 saturated carbocycles. The number of benzene rings is 1. The number of nitrogens with two attached hydrogens (primary N) is 1. The van der Waals surface area contributed by atoms with Crippen molar-refractivity contribution in [2.75, 3.05) is 18.5 Å². The fraction of sp³-hybridized carbons (Fsp3) is 0.462. The highest BCUT2D eigenvalue weighted by Crippen LogP contribution is 2.15. The normalized spacial score (nSPS) is 10.3. The van der Waals surface area contributed by atoms with Gasteiger partial charge in [-0.2, -0.15) is 0 Å². The Morgan fingerprint density at radius 3 is 2.63 bits per heavy atom. The van der Waals surface area contributed by atoms with Crippen LogP contribution in [0.1, 0.15) is 25.7 Å². The molecule has 6 heteroatoms. The van der Waals surface area contributed by atoms with Gasteiger partial charge in [-0.1, -0.05) is 12.8 Å². The fourth-order valence-corrected chi connectivity index (χ4v) is 1.50. The third-order valence-corrected chi connectivity index (χ3v) is 2.50. The molecule has 0 aromatic heterocycles. The van der Waals surface area contributed by atoms with Gasteiger partial charge in [-0.25, -0.2) is 13.6 Å². The number of unbranched alkanes of at least 4 members (excludes halogenated alkanes) is 3. The van der Waals surface area contributed by atoms with Crippen molar-refractivity contribution >= 4 is 11.8 Å². The molecule has 3 N–H and O–H groups in total. The first-order valence-corrected chi connectivity index (χ1v) is 6.22. The minimum Gasteiger partial charge on any atom is -0.449 e. The number of amides is 1. The van der Waals surface area contributed by atoms with Crippen molar-refractivity contribution in [3.8, 4) is 0 Å². The van der Waals surface area contributed by atoms with Crippen LogP contribution in [0.3, 0.4) is 0 Å². The van der Waals surface area contributed by atoms with E-state index in [1.54, 1.807) is 0 Å². The second-order valence-electron chi connectivity index (χ2n) is 4.09. The van der Waals surface area contributed by atoms with Crippen LogP contribution in [0.5, 0.6) is 0 Å². The third-order valence-electron chi connectivity index (χ3n) is 2.50. The van der Waals surface area contributed by atoms with E-state index in [2.05, 4.69) is 5.32 Å². The first-order chi connectivity index (χ1) is 9.13. The summed E-state index contributed by atoms with van der Waals surface area (Å²) in [4.78, 5) is 11.3. The van der Waals surface area contributed by atoms with Crippen molar-refractivity contribution in [1.82, 2.24) is 0 Å². The average Bonchev–Trinajstić information content (AvgIpc) is 2.37. The second-order valence-corrected chi connectivity index (χ2v) is 4.09. The maximum absolute atomic E-state index is 13.2. The first kappa shape index (κ1) is 15.4. The summed E-state index contributed by atoms with van der Waals surface area (Å²) in [5.74, 6) is -1.53. The van der Waals surface area contributed by atoms with Crippen molar-refractivity contribution < 1.29 is 18.3 Å². The van der Waals surface area contributed by atoms with Gasteiger partial charge in [0.15, 0.2) is 0 Å². The molecular formula is C13H18F2N2O2. The highest BCUT2D eigenvalue weighted by atomic mass is 19.1. The molecule has 1 rings (SSSR count). The van der Waals surface area contributed by atoms with Crippen LogP contribution in [0.4, 0.5) is 19.3 Å². The zero-order valence-electron chi connectivity index (χ0n) is 10.6. The molecule has 0 aliphatic heterocycles. The van der Waals surface area contributed by atoms with E-state index in [1.165, 1.54) is 0 Å². The standard InChI is InChI=1S/C13H18F2N2O2/c14-10-5-6-12(11(15)9-10)17-13(18)19-8-4-2-1-3-7-16/h5-6,9H,1-4,7-8,16H2,(H,17,18). The summed E-state index contributed by atoms with van der Waals surface area (Å²) in [6, 6.07) is 2.90. The van der Waals surface area contributed by atoms with Crippen molar-refractivity contribution in [1.29, 1.82) is 0 Å². The lowest BCUT2D eigenvalue weighted by atomic mass is 10.2. The third kappa shape index (κ3) is 6.15. The molecule has 4 nitrogen and oxygen atoms in total. The highest BCUT2D eigenvalue weighted by molar-refractivity contribution is 5.84. The van der Waals surface area contributed by atoms with Crippen LogP contribution >= 0.6 is 0 Å². The largest absolute Gasteiger partial charge is 0.449 e. The van der Waals surface area contributed by atoms with E-state index >= 15 is 0 Å². The molecule has 0 fully saturated rings. The van der Waals surface area contributed by atoms with Gasteiger partial charge in [0.05, 0.1) is 12.3 Å². The lowest BCUT2D eigenvalue weighted by molar-refractivity contribution is 0.159.